The number of halogens is 3. The average molecular weight is 405 g/mol. The van der Waals surface area contributed by atoms with E-state index in [4.69, 9.17) is 11.6 Å². The van der Waals surface area contributed by atoms with Gasteiger partial charge in [-0.2, -0.15) is 0 Å². The van der Waals surface area contributed by atoms with Crippen LogP contribution in [0, 0.1) is 11.8 Å². The first kappa shape index (κ1) is 13.8. The summed E-state index contributed by atoms with van der Waals surface area (Å²) in [5.74, 6) is 1.05. The fourth-order valence-corrected chi connectivity index (χ4v) is 4.52. The molecule has 0 saturated heterocycles. The molecular formula is C15H15Br2ClN+. The molecule has 0 bridgehead atoms. The molecule has 2 aliphatic carbocycles. The quantitative estimate of drug-likeness (QED) is 0.590. The van der Waals surface area contributed by atoms with Gasteiger partial charge in [0.15, 0.2) is 11.9 Å². The zero-order valence-electron chi connectivity index (χ0n) is 10.6. The van der Waals surface area contributed by atoms with Gasteiger partial charge < -0.3 is 0 Å². The largest absolute Gasteiger partial charge is 0.214 e. The van der Waals surface area contributed by atoms with Crippen LogP contribution in [0.15, 0.2) is 37.9 Å². The molecule has 0 amide bonds. The number of hydrogen-bond acceptors (Lipinski definition) is 0. The second-order valence-electron chi connectivity index (χ2n) is 5.32. The molecule has 0 radical (unpaired) electrons. The van der Waals surface area contributed by atoms with Gasteiger partial charge in [-0.1, -0.05) is 33.6 Å². The summed E-state index contributed by atoms with van der Waals surface area (Å²) < 4.78 is 2.39. The zero-order chi connectivity index (χ0) is 13.6. The number of pyridine rings is 1. The summed E-state index contributed by atoms with van der Waals surface area (Å²) in [6.45, 7) is 2.09. The van der Waals surface area contributed by atoms with Gasteiger partial charge >= 0.3 is 0 Å². The molecule has 1 aromatic rings. The van der Waals surface area contributed by atoms with Crippen LogP contribution in [0.3, 0.4) is 0 Å². The molecule has 0 fully saturated rings. The molecule has 1 aromatic heterocycles. The van der Waals surface area contributed by atoms with E-state index in [0.717, 1.165) is 28.8 Å². The zero-order valence-corrected chi connectivity index (χ0v) is 14.6. The second kappa shape index (κ2) is 5.34. The van der Waals surface area contributed by atoms with Gasteiger partial charge in [0.1, 0.15) is 0 Å². The number of nitrogens with one attached hydrogen (secondary N) is 1. The van der Waals surface area contributed by atoms with Crippen molar-refractivity contribution in [3.05, 3.63) is 49.2 Å². The van der Waals surface area contributed by atoms with Crippen LogP contribution in [0.25, 0.3) is 0 Å². The number of allylic oxidation sites excluding steroid dienone is 4. The third-order valence-electron chi connectivity index (χ3n) is 4.17. The summed E-state index contributed by atoms with van der Waals surface area (Å²) >= 11 is 13.6. The van der Waals surface area contributed by atoms with Gasteiger partial charge in [0.2, 0.25) is 0 Å². The fourth-order valence-electron chi connectivity index (χ4n) is 3.03. The van der Waals surface area contributed by atoms with E-state index in [1.165, 1.54) is 21.3 Å². The number of fused-ring (bicyclic) bond motifs is 2. The Morgan fingerprint density at radius 1 is 1.37 bits per heavy atom. The van der Waals surface area contributed by atoms with Crippen LogP contribution in [0.5, 0.6) is 0 Å². The van der Waals surface area contributed by atoms with Crippen LogP contribution < -0.4 is 4.98 Å². The predicted octanol–water partition coefficient (Wildman–Crippen LogP) is 4.79. The van der Waals surface area contributed by atoms with Crippen LogP contribution in [0.2, 0.25) is 0 Å². The van der Waals surface area contributed by atoms with Gasteiger partial charge in [0, 0.05) is 27.4 Å². The smallest absolute Gasteiger partial charge is 0.183 e. The van der Waals surface area contributed by atoms with E-state index in [-0.39, 0.29) is 0 Å². The fraction of sp³-hybridized carbons (Fsp3) is 0.400. The highest BCUT2D eigenvalue weighted by Gasteiger charge is 2.33. The first-order chi connectivity index (χ1) is 9.06. The first-order valence-corrected chi connectivity index (χ1v) is 8.45. The third kappa shape index (κ3) is 2.57. The van der Waals surface area contributed by atoms with Crippen LogP contribution >= 0.6 is 43.5 Å². The van der Waals surface area contributed by atoms with E-state index in [1.54, 1.807) is 0 Å². The van der Waals surface area contributed by atoms with E-state index in [2.05, 4.69) is 55.9 Å². The molecule has 0 aliphatic heterocycles. The molecule has 4 heteroatoms. The Morgan fingerprint density at radius 2 is 2.16 bits per heavy atom. The maximum absolute atomic E-state index is 6.33. The summed E-state index contributed by atoms with van der Waals surface area (Å²) in [4.78, 5) is 3.43. The molecule has 0 saturated carbocycles. The molecule has 0 aromatic carbocycles. The van der Waals surface area contributed by atoms with Crippen molar-refractivity contribution in [2.24, 2.45) is 11.8 Å². The summed E-state index contributed by atoms with van der Waals surface area (Å²) in [5, 5.41) is 0.907. The Balaban J connectivity index is 2.01. The minimum Gasteiger partial charge on any atom is -0.214 e. The molecule has 100 valence electrons. The highest BCUT2D eigenvalue weighted by atomic mass is 79.9. The molecule has 1 nitrogen and oxygen atoms in total. The Bertz CT molecular complexity index is 592. The summed E-state index contributed by atoms with van der Waals surface area (Å²) in [6, 6.07) is 2.24. The maximum atomic E-state index is 6.33. The lowest BCUT2D eigenvalue weighted by Crippen LogP contribution is -2.22. The lowest BCUT2D eigenvalue weighted by atomic mass is 9.82. The summed E-state index contributed by atoms with van der Waals surface area (Å²) in [6.07, 6.45) is 7.57. The summed E-state index contributed by atoms with van der Waals surface area (Å²) in [7, 11) is 0. The standard InChI is InChI=1S/C15H14Br2ClN/c1-8-13(18)5-9-2-3-10-4-11(16)7-19-14(10)6-12(9)15(8)17/h4-5,7,9,12H,2-3,6H2,1H3/p+1. The minimum absolute atomic E-state index is 0.515. The van der Waals surface area contributed by atoms with Crippen molar-refractivity contribution in [2.45, 2.75) is 26.2 Å². The number of hydrogen-bond donors (Lipinski definition) is 0. The molecule has 2 atom stereocenters. The third-order valence-corrected chi connectivity index (χ3v) is 6.22. The SMILES string of the molecule is CC1=C(Br)C2Cc3[nH+]cc(Br)cc3CCC2C=C1Cl. The van der Waals surface area contributed by atoms with Crippen molar-refractivity contribution in [2.75, 3.05) is 0 Å². The molecule has 19 heavy (non-hydrogen) atoms. The number of aryl methyl sites for hydroxylation is 1. The Labute approximate surface area is 135 Å². The van der Waals surface area contributed by atoms with Crippen molar-refractivity contribution < 1.29 is 4.98 Å². The van der Waals surface area contributed by atoms with Crippen LogP contribution in [-0.4, -0.2) is 0 Å². The number of H-pyrrole nitrogens is 1. The van der Waals surface area contributed by atoms with E-state index >= 15 is 0 Å². The normalized spacial score (nSPS) is 26.4. The van der Waals surface area contributed by atoms with Crippen molar-refractivity contribution in [1.82, 2.24) is 0 Å². The van der Waals surface area contributed by atoms with E-state index in [1.807, 2.05) is 6.20 Å². The maximum Gasteiger partial charge on any atom is 0.183 e. The average Bonchev–Trinajstić information content (AvgIpc) is 2.56. The monoisotopic (exact) mass is 402 g/mol. The van der Waals surface area contributed by atoms with Gasteiger partial charge in [-0.05, 0) is 53.3 Å². The lowest BCUT2D eigenvalue weighted by Gasteiger charge is -2.27. The first-order valence-electron chi connectivity index (χ1n) is 6.49. The van der Waals surface area contributed by atoms with E-state index in [0.29, 0.717) is 11.8 Å². The molecular weight excluding hydrogens is 389 g/mol. The molecule has 0 spiro atoms. The number of rotatable bonds is 0. The van der Waals surface area contributed by atoms with Gasteiger partial charge in [0.25, 0.3) is 0 Å². The van der Waals surface area contributed by atoms with Crippen LogP contribution in [0.1, 0.15) is 24.6 Å². The topological polar surface area (TPSA) is 14.1 Å². The van der Waals surface area contributed by atoms with Crippen molar-refractivity contribution >= 4 is 43.5 Å². The Kier molecular flexibility index (Phi) is 3.89. The molecule has 1 heterocycles. The highest BCUT2D eigenvalue weighted by molar-refractivity contribution is 9.11. The van der Waals surface area contributed by atoms with Gasteiger partial charge in [0.05, 0.1) is 4.47 Å². The molecule has 2 aliphatic rings. The van der Waals surface area contributed by atoms with E-state index < -0.39 is 0 Å². The highest BCUT2D eigenvalue weighted by Crippen LogP contribution is 2.43. The molecule has 1 N–H and O–H groups in total. The molecule has 3 rings (SSSR count). The Hall–Kier alpha value is -0.120. The van der Waals surface area contributed by atoms with Crippen molar-refractivity contribution in [3.8, 4) is 0 Å². The lowest BCUT2D eigenvalue weighted by molar-refractivity contribution is -0.392. The van der Waals surface area contributed by atoms with Crippen molar-refractivity contribution in [3.63, 3.8) is 0 Å². The summed E-state index contributed by atoms with van der Waals surface area (Å²) in [5.41, 5.74) is 3.96. The van der Waals surface area contributed by atoms with Gasteiger partial charge in [-0.15, -0.1) is 0 Å². The Morgan fingerprint density at radius 3 is 2.95 bits per heavy atom. The second-order valence-corrected chi connectivity index (χ2v) is 7.50. The van der Waals surface area contributed by atoms with Crippen LogP contribution in [-0.2, 0) is 12.8 Å². The number of aromatic amines is 1. The van der Waals surface area contributed by atoms with Crippen molar-refractivity contribution in [1.29, 1.82) is 0 Å². The van der Waals surface area contributed by atoms with Crippen LogP contribution in [0.4, 0.5) is 0 Å². The number of aromatic nitrogens is 1. The minimum atomic E-state index is 0.515. The van der Waals surface area contributed by atoms with Gasteiger partial charge in [-0.3, -0.25) is 0 Å². The van der Waals surface area contributed by atoms with E-state index in [9.17, 15) is 0 Å². The van der Waals surface area contributed by atoms with Gasteiger partial charge in [-0.25, -0.2) is 4.98 Å². The molecule has 2 unspecified atom stereocenters. The predicted molar refractivity (Wildman–Crippen MR) is 85.3 cm³/mol.